The largest absolute Gasteiger partial charge is 0.447 e. The van der Waals surface area contributed by atoms with E-state index in [1.165, 1.54) is 18.4 Å². The van der Waals surface area contributed by atoms with Gasteiger partial charge in [-0.3, -0.25) is 9.69 Å². The van der Waals surface area contributed by atoms with Crippen LogP contribution in [0.15, 0.2) is 28.9 Å². The molecule has 0 aliphatic carbocycles. The molecule has 0 saturated carbocycles. The van der Waals surface area contributed by atoms with Gasteiger partial charge >= 0.3 is 0 Å². The summed E-state index contributed by atoms with van der Waals surface area (Å²) in [6.07, 6.45) is 2.12. The van der Waals surface area contributed by atoms with Gasteiger partial charge in [-0.05, 0) is 19.4 Å². The maximum atomic E-state index is 14.0. The van der Waals surface area contributed by atoms with Crippen LogP contribution in [0.1, 0.15) is 42.2 Å². The molecule has 27 heavy (non-hydrogen) atoms. The summed E-state index contributed by atoms with van der Waals surface area (Å²) in [5.41, 5.74) is 0.568. The minimum absolute atomic E-state index is 0.111. The number of nitrogens with one attached hydrogen (secondary N) is 1. The van der Waals surface area contributed by atoms with Crippen LogP contribution in [0.25, 0.3) is 0 Å². The van der Waals surface area contributed by atoms with E-state index < -0.39 is 11.6 Å². The van der Waals surface area contributed by atoms with E-state index in [9.17, 15) is 13.6 Å². The average molecular weight is 381 g/mol. The number of nitrogens with zero attached hydrogens (tertiary/aromatic N) is 2. The summed E-state index contributed by atoms with van der Waals surface area (Å²) in [6, 6.07) is 3.66. The van der Waals surface area contributed by atoms with Gasteiger partial charge in [-0.2, -0.15) is 0 Å². The molecule has 148 valence electrons. The van der Waals surface area contributed by atoms with Gasteiger partial charge in [0.25, 0.3) is 5.91 Å². The van der Waals surface area contributed by atoms with Crippen LogP contribution in [0.2, 0.25) is 0 Å². The number of benzene rings is 1. The zero-order valence-corrected chi connectivity index (χ0v) is 15.8. The Bertz CT molecular complexity index is 752. The molecule has 1 heterocycles. The van der Waals surface area contributed by atoms with Crippen molar-refractivity contribution in [3.63, 3.8) is 0 Å². The predicted molar refractivity (Wildman–Crippen MR) is 96.1 cm³/mol. The molecule has 1 unspecified atom stereocenters. The number of carbonyl (C=O) groups excluding carboxylic acids is 1. The highest BCUT2D eigenvalue weighted by molar-refractivity contribution is 5.91. The second-order valence-electron chi connectivity index (χ2n) is 6.27. The van der Waals surface area contributed by atoms with Crippen LogP contribution in [-0.4, -0.2) is 42.1 Å². The SMILES string of the molecule is CCC(C)N(Cc1nc(C(=O)NCCOC)co1)Cc1ccc(F)cc1F. The molecule has 0 spiro atoms. The van der Waals surface area contributed by atoms with E-state index in [2.05, 4.69) is 10.3 Å². The van der Waals surface area contributed by atoms with E-state index in [1.54, 1.807) is 7.11 Å². The number of hydrogen-bond acceptors (Lipinski definition) is 5. The Balaban J connectivity index is 2.07. The van der Waals surface area contributed by atoms with Gasteiger partial charge in [0.1, 0.15) is 17.9 Å². The van der Waals surface area contributed by atoms with Crippen LogP contribution in [-0.2, 0) is 17.8 Å². The Labute approximate surface area is 157 Å². The number of halogens is 2. The third kappa shape index (κ3) is 6.11. The number of methoxy groups -OCH3 is 1. The van der Waals surface area contributed by atoms with Crippen LogP contribution < -0.4 is 5.32 Å². The van der Waals surface area contributed by atoms with Gasteiger partial charge in [0.15, 0.2) is 5.69 Å². The van der Waals surface area contributed by atoms with E-state index >= 15 is 0 Å². The first-order valence-corrected chi connectivity index (χ1v) is 8.84. The first-order valence-electron chi connectivity index (χ1n) is 8.84. The van der Waals surface area contributed by atoms with Crippen molar-refractivity contribution in [2.45, 2.75) is 39.4 Å². The highest BCUT2D eigenvalue weighted by atomic mass is 19.1. The summed E-state index contributed by atoms with van der Waals surface area (Å²) in [4.78, 5) is 18.2. The fourth-order valence-electron chi connectivity index (χ4n) is 2.51. The van der Waals surface area contributed by atoms with Crippen molar-refractivity contribution in [3.8, 4) is 0 Å². The Hall–Kier alpha value is -2.32. The number of rotatable bonds is 10. The summed E-state index contributed by atoms with van der Waals surface area (Å²) < 4.78 is 37.4. The number of aromatic nitrogens is 1. The minimum Gasteiger partial charge on any atom is -0.447 e. The Kier molecular flexibility index (Phi) is 7.87. The first kappa shape index (κ1) is 21.0. The van der Waals surface area contributed by atoms with Crippen LogP contribution in [0.5, 0.6) is 0 Å². The lowest BCUT2D eigenvalue weighted by molar-refractivity contribution is 0.0932. The molecule has 1 N–H and O–H groups in total. The lowest BCUT2D eigenvalue weighted by Crippen LogP contribution is -2.32. The topological polar surface area (TPSA) is 67.6 Å². The standard InChI is InChI=1S/C19H25F2N3O3/c1-4-13(2)24(10-14-5-6-15(20)9-16(14)21)11-18-23-17(12-27-18)19(25)22-7-8-26-3/h5-6,9,12-13H,4,7-8,10-11H2,1-3H3,(H,22,25). The first-order chi connectivity index (χ1) is 12.9. The fraction of sp³-hybridized carbons (Fsp3) is 0.474. The van der Waals surface area contributed by atoms with Gasteiger partial charge in [0.05, 0.1) is 13.2 Å². The smallest absolute Gasteiger partial charge is 0.273 e. The van der Waals surface area contributed by atoms with Crippen molar-refractivity contribution in [2.24, 2.45) is 0 Å². The van der Waals surface area contributed by atoms with E-state index in [1.807, 2.05) is 18.7 Å². The molecule has 1 atom stereocenters. The molecule has 8 heteroatoms. The maximum Gasteiger partial charge on any atom is 0.273 e. The molecule has 0 saturated heterocycles. The van der Waals surface area contributed by atoms with Gasteiger partial charge in [-0.15, -0.1) is 0 Å². The number of ether oxygens (including phenoxy) is 1. The van der Waals surface area contributed by atoms with Crippen molar-refractivity contribution >= 4 is 5.91 Å². The van der Waals surface area contributed by atoms with E-state index in [-0.39, 0.29) is 24.2 Å². The molecule has 6 nitrogen and oxygen atoms in total. The third-order valence-corrected chi connectivity index (χ3v) is 4.32. The van der Waals surface area contributed by atoms with Gasteiger partial charge < -0.3 is 14.5 Å². The second-order valence-corrected chi connectivity index (χ2v) is 6.27. The normalized spacial score (nSPS) is 12.4. The summed E-state index contributed by atoms with van der Waals surface area (Å²) in [5, 5.41) is 2.67. The van der Waals surface area contributed by atoms with Crippen LogP contribution >= 0.6 is 0 Å². The number of oxazole rings is 1. The highest BCUT2D eigenvalue weighted by Gasteiger charge is 2.19. The minimum atomic E-state index is -0.608. The third-order valence-electron chi connectivity index (χ3n) is 4.32. The molecule has 1 aromatic heterocycles. The lowest BCUT2D eigenvalue weighted by Gasteiger charge is -2.27. The molecule has 1 aromatic carbocycles. The quantitative estimate of drug-likeness (QED) is 0.641. The Morgan fingerprint density at radius 2 is 2.15 bits per heavy atom. The number of amides is 1. The molecular formula is C19H25F2N3O3. The fourth-order valence-corrected chi connectivity index (χ4v) is 2.51. The van der Waals surface area contributed by atoms with Gasteiger partial charge in [-0.1, -0.05) is 13.0 Å². The van der Waals surface area contributed by atoms with Crippen molar-refractivity contribution in [2.75, 3.05) is 20.3 Å². The summed E-state index contributed by atoms with van der Waals surface area (Å²) >= 11 is 0. The van der Waals surface area contributed by atoms with Crippen molar-refractivity contribution < 1.29 is 22.7 Å². The van der Waals surface area contributed by atoms with Crippen molar-refractivity contribution in [1.82, 2.24) is 15.2 Å². The van der Waals surface area contributed by atoms with E-state index in [0.717, 1.165) is 12.5 Å². The maximum absolute atomic E-state index is 14.0. The monoisotopic (exact) mass is 381 g/mol. The Morgan fingerprint density at radius 3 is 2.81 bits per heavy atom. The molecule has 0 fully saturated rings. The highest BCUT2D eigenvalue weighted by Crippen LogP contribution is 2.18. The average Bonchev–Trinajstić information content (AvgIpc) is 3.11. The summed E-state index contributed by atoms with van der Waals surface area (Å²) in [7, 11) is 1.55. The molecule has 0 aliphatic rings. The molecule has 0 aliphatic heterocycles. The molecule has 0 radical (unpaired) electrons. The molecule has 2 aromatic rings. The van der Waals surface area contributed by atoms with Gasteiger partial charge in [0.2, 0.25) is 5.89 Å². The predicted octanol–water partition coefficient (Wildman–Crippen LogP) is 3.13. The van der Waals surface area contributed by atoms with Gasteiger partial charge in [-0.25, -0.2) is 13.8 Å². The van der Waals surface area contributed by atoms with Crippen LogP contribution in [0.3, 0.4) is 0 Å². The molecule has 0 bridgehead atoms. The summed E-state index contributed by atoms with van der Waals surface area (Å²) in [6.45, 7) is 5.38. The molecule has 2 rings (SSSR count). The Morgan fingerprint density at radius 1 is 1.37 bits per heavy atom. The van der Waals surface area contributed by atoms with Gasteiger partial charge in [0, 0.05) is 37.9 Å². The molecule has 1 amide bonds. The second kappa shape index (κ2) is 10.1. The lowest BCUT2D eigenvalue weighted by atomic mass is 10.1. The summed E-state index contributed by atoms with van der Waals surface area (Å²) in [5.74, 6) is -1.19. The van der Waals surface area contributed by atoms with E-state index in [4.69, 9.17) is 9.15 Å². The zero-order valence-electron chi connectivity index (χ0n) is 15.8. The van der Waals surface area contributed by atoms with Crippen molar-refractivity contribution in [3.05, 3.63) is 53.2 Å². The van der Waals surface area contributed by atoms with Crippen molar-refractivity contribution in [1.29, 1.82) is 0 Å². The van der Waals surface area contributed by atoms with Crippen LogP contribution in [0, 0.1) is 11.6 Å². The van der Waals surface area contributed by atoms with Crippen LogP contribution in [0.4, 0.5) is 8.78 Å². The molecular weight excluding hydrogens is 356 g/mol. The number of carbonyl (C=O) groups is 1. The van der Waals surface area contributed by atoms with E-state index in [0.29, 0.717) is 31.2 Å². The number of hydrogen-bond donors (Lipinski definition) is 1. The zero-order chi connectivity index (χ0) is 19.8.